The van der Waals surface area contributed by atoms with E-state index in [-0.39, 0.29) is 24.1 Å². The molecule has 1 N–H and O–H groups in total. The summed E-state index contributed by atoms with van der Waals surface area (Å²) in [5.74, 6) is 0.735. The number of thiophene rings is 1. The molecule has 9 heteroatoms. The molecule has 0 bridgehead atoms. The zero-order chi connectivity index (χ0) is 22.8. The number of benzene rings is 1. The Bertz CT molecular complexity index is 1020. The molecule has 3 rings (SSSR count). The van der Waals surface area contributed by atoms with Crippen LogP contribution in [-0.2, 0) is 29.1 Å². The molecule has 0 spiro atoms. The fourth-order valence-electron chi connectivity index (χ4n) is 3.07. The van der Waals surface area contributed by atoms with Gasteiger partial charge in [-0.3, -0.25) is 9.59 Å². The first kappa shape index (κ1) is 23.7. The lowest BCUT2D eigenvalue weighted by Crippen LogP contribution is -2.41. The Balaban J connectivity index is 1.56. The van der Waals surface area contributed by atoms with Crippen molar-refractivity contribution < 1.29 is 9.59 Å². The average molecular weight is 470 g/mol. The molecule has 2 heterocycles. The molecule has 0 unspecified atom stereocenters. The number of carbonyl (C=O) groups excluding carboxylic acids is 2. The highest BCUT2D eigenvalue weighted by molar-refractivity contribution is 7.99. The molecular weight excluding hydrogens is 442 g/mol. The number of allylic oxidation sites excluding steroid dienone is 1. The van der Waals surface area contributed by atoms with Gasteiger partial charge in [0, 0.05) is 24.4 Å². The number of hydrogen-bond donors (Lipinski definition) is 1. The van der Waals surface area contributed by atoms with Crippen LogP contribution in [0.5, 0.6) is 0 Å². The Morgan fingerprint density at radius 3 is 2.72 bits per heavy atom. The number of hydrogen-bond acceptors (Lipinski definition) is 6. The zero-order valence-electron chi connectivity index (χ0n) is 18.1. The van der Waals surface area contributed by atoms with E-state index in [0.717, 1.165) is 16.3 Å². The van der Waals surface area contributed by atoms with E-state index in [1.165, 1.54) is 11.8 Å². The Labute approximate surface area is 196 Å². The second-order valence-corrected chi connectivity index (χ2v) is 8.99. The summed E-state index contributed by atoms with van der Waals surface area (Å²) in [5.41, 5.74) is 1.14. The van der Waals surface area contributed by atoms with Gasteiger partial charge in [-0.05, 0) is 23.9 Å². The maximum Gasteiger partial charge on any atom is 0.239 e. The molecule has 32 heavy (non-hydrogen) atoms. The standard InChI is InChI=1S/C23H27N5O2S2/c1-3-12-28-20(14-18-9-6-5-7-10-18)25-26-23(28)32-17-22(30)27(4-2)16-21(29)24-15-19-11-8-13-31-19/h3,5-11,13H,1,4,12,14-17H2,2H3,(H,24,29). The van der Waals surface area contributed by atoms with E-state index in [9.17, 15) is 9.59 Å². The highest BCUT2D eigenvalue weighted by Gasteiger charge is 2.18. The van der Waals surface area contributed by atoms with Gasteiger partial charge in [-0.1, -0.05) is 54.2 Å². The van der Waals surface area contributed by atoms with Gasteiger partial charge in [0.05, 0.1) is 18.8 Å². The van der Waals surface area contributed by atoms with E-state index in [4.69, 9.17) is 0 Å². The number of carbonyl (C=O) groups is 2. The lowest BCUT2D eigenvalue weighted by atomic mass is 10.1. The van der Waals surface area contributed by atoms with Crippen LogP contribution in [0.15, 0.2) is 65.7 Å². The van der Waals surface area contributed by atoms with Gasteiger partial charge in [-0.15, -0.1) is 28.1 Å². The van der Waals surface area contributed by atoms with Gasteiger partial charge in [0.2, 0.25) is 11.8 Å². The average Bonchev–Trinajstić information content (AvgIpc) is 3.46. The quantitative estimate of drug-likeness (QED) is 0.325. The van der Waals surface area contributed by atoms with Crippen molar-refractivity contribution in [3.05, 3.63) is 76.8 Å². The highest BCUT2D eigenvalue weighted by atomic mass is 32.2. The van der Waals surface area contributed by atoms with Crippen molar-refractivity contribution in [1.29, 1.82) is 0 Å². The Morgan fingerprint density at radius 1 is 1.22 bits per heavy atom. The first-order chi connectivity index (χ1) is 15.6. The minimum Gasteiger partial charge on any atom is -0.350 e. The predicted octanol–water partition coefficient (Wildman–Crippen LogP) is 3.37. The third-order valence-corrected chi connectivity index (χ3v) is 6.57. The van der Waals surface area contributed by atoms with E-state index in [1.807, 2.05) is 59.3 Å². The minimum absolute atomic E-state index is 0.0415. The Hall–Kier alpha value is -2.91. The largest absolute Gasteiger partial charge is 0.350 e. The molecule has 7 nitrogen and oxygen atoms in total. The van der Waals surface area contributed by atoms with Crippen molar-refractivity contribution in [3.63, 3.8) is 0 Å². The van der Waals surface area contributed by atoms with Crippen LogP contribution in [0.2, 0.25) is 0 Å². The van der Waals surface area contributed by atoms with Gasteiger partial charge in [0.25, 0.3) is 0 Å². The van der Waals surface area contributed by atoms with Crippen molar-refractivity contribution in [2.75, 3.05) is 18.8 Å². The summed E-state index contributed by atoms with van der Waals surface area (Å²) in [6.45, 7) is 7.24. The molecule has 0 aliphatic heterocycles. The number of nitrogens with one attached hydrogen (secondary N) is 1. The topological polar surface area (TPSA) is 80.1 Å². The molecule has 168 valence electrons. The number of rotatable bonds is 12. The third-order valence-electron chi connectivity index (χ3n) is 4.74. The van der Waals surface area contributed by atoms with Crippen molar-refractivity contribution in [2.24, 2.45) is 0 Å². The summed E-state index contributed by atoms with van der Waals surface area (Å²) >= 11 is 2.92. The van der Waals surface area contributed by atoms with Crippen LogP contribution in [0.4, 0.5) is 0 Å². The summed E-state index contributed by atoms with van der Waals surface area (Å²) in [5, 5.41) is 14.1. The second-order valence-electron chi connectivity index (χ2n) is 7.01. The lowest BCUT2D eigenvalue weighted by Gasteiger charge is -2.20. The zero-order valence-corrected chi connectivity index (χ0v) is 19.7. The predicted molar refractivity (Wildman–Crippen MR) is 129 cm³/mol. The fourth-order valence-corrected chi connectivity index (χ4v) is 4.58. The number of nitrogens with zero attached hydrogens (tertiary/aromatic N) is 4. The SMILES string of the molecule is C=CCn1c(Cc2ccccc2)nnc1SCC(=O)N(CC)CC(=O)NCc1cccs1. The van der Waals surface area contributed by atoms with E-state index in [0.29, 0.717) is 31.2 Å². The monoisotopic (exact) mass is 469 g/mol. The summed E-state index contributed by atoms with van der Waals surface area (Å²) in [7, 11) is 0. The van der Waals surface area contributed by atoms with Gasteiger partial charge in [-0.25, -0.2) is 0 Å². The number of likely N-dealkylation sites (N-methyl/N-ethyl adjacent to an activating group) is 1. The lowest BCUT2D eigenvalue weighted by molar-refractivity contribution is -0.133. The highest BCUT2D eigenvalue weighted by Crippen LogP contribution is 2.19. The first-order valence-corrected chi connectivity index (χ1v) is 12.2. The molecule has 0 fully saturated rings. The van der Waals surface area contributed by atoms with E-state index < -0.39 is 0 Å². The van der Waals surface area contributed by atoms with Crippen molar-refractivity contribution in [1.82, 2.24) is 25.0 Å². The van der Waals surface area contributed by atoms with Crippen molar-refractivity contribution in [3.8, 4) is 0 Å². The summed E-state index contributed by atoms with van der Waals surface area (Å²) in [4.78, 5) is 27.6. The van der Waals surface area contributed by atoms with Gasteiger partial charge in [0.1, 0.15) is 5.82 Å². The first-order valence-electron chi connectivity index (χ1n) is 10.4. The molecule has 0 aliphatic rings. The minimum atomic E-state index is -0.168. The fraction of sp³-hybridized carbons (Fsp3) is 0.304. The van der Waals surface area contributed by atoms with Crippen molar-refractivity contribution >= 4 is 34.9 Å². The van der Waals surface area contributed by atoms with E-state index >= 15 is 0 Å². The molecule has 1 aromatic carbocycles. The number of aromatic nitrogens is 3. The molecule has 0 atom stereocenters. The van der Waals surface area contributed by atoms with Crippen LogP contribution in [-0.4, -0.2) is 50.3 Å². The van der Waals surface area contributed by atoms with Gasteiger partial charge >= 0.3 is 0 Å². The molecule has 0 saturated heterocycles. The van der Waals surface area contributed by atoms with Gasteiger partial charge < -0.3 is 14.8 Å². The van der Waals surface area contributed by atoms with E-state index in [2.05, 4.69) is 22.1 Å². The number of amides is 2. The smallest absolute Gasteiger partial charge is 0.239 e. The molecule has 0 aliphatic carbocycles. The van der Waals surface area contributed by atoms with Crippen LogP contribution in [0.1, 0.15) is 23.2 Å². The number of thioether (sulfide) groups is 1. The molecule has 2 amide bonds. The molecule has 0 radical (unpaired) electrons. The molecular formula is C23H27N5O2S2. The normalized spacial score (nSPS) is 10.7. The molecule has 0 saturated carbocycles. The van der Waals surface area contributed by atoms with Crippen molar-refractivity contribution in [2.45, 2.75) is 31.6 Å². The van der Waals surface area contributed by atoms with Gasteiger partial charge in [0.15, 0.2) is 5.16 Å². The molecule has 2 aromatic heterocycles. The summed E-state index contributed by atoms with van der Waals surface area (Å²) in [6.07, 6.45) is 2.45. The van der Waals surface area contributed by atoms with Crippen LogP contribution in [0, 0.1) is 0 Å². The van der Waals surface area contributed by atoms with Crippen LogP contribution >= 0.6 is 23.1 Å². The third kappa shape index (κ3) is 6.80. The van der Waals surface area contributed by atoms with Gasteiger partial charge in [-0.2, -0.15) is 0 Å². The van der Waals surface area contributed by atoms with Crippen LogP contribution in [0.25, 0.3) is 0 Å². The second kappa shape index (κ2) is 12.2. The maximum atomic E-state index is 12.7. The Kier molecular flexibility index (Phi) is 9.06. The summed E-state index contributed by atoms with van der Waals surface area (Å²) < 4.78 is 1.97. The summed E-state index contributed by atoms with van der Waals surface area (Å²) in [6, 6.07) is 14.0. The molecule has 3 aromatic rings. The van der Waals surface area contributed by atoms with Crippen LogP contribution < -0.4 is 5.32 Å². The van der Waals surface area contributed by atoms with E-state index in [1.54, 1.807) is 22.3 Å². The Morgan fingerprint density at radius 2 is 2.03 bits per heavy atom. The van der Waals surface area contributed by atoms with Crippen LogP contribution in [0.3, 0.4) is 0 Å². The maximum absolute atomic E-state index is 12.7.